The lowest BCUT2D eigenvalue weighted by atomic mass is 10.2. The van der Waals surface area contributed by atoms with Gasteiger partial charge in [-0.25, -0.2) is 0 Å². The van der Waals surface area contributed by atoms with Crippen LogP contribution in [-0.4, -0.2) is 20.2 Å². The van der Waals surface area contributed by atoms with E-state index in [1.165, 1.54) is 11.3 Å². The van der Waals surface area contributed by atoms with E-state index in [9.17, 15) is 0 Å². The predicted molar refractivity (Wildman–Crippen MR) is 71.0 cm³/mol. The highest BCUT2D eigenvalue weighted by Gasteiger charge is 2.10. The van der Waals surface area contributed by atoms with Crippen LogP contribution in [0.1, 0.15) is 18.0 Å². The van der Waals surface area contributed by atoms with Gasteiger partial charge in [-0.2, -0.15) is 0 Å². The van der Waals surface area contributed by atoms with Crippen molar-refractivity contribution in [2.24, 2.45) is 5.73 Å². The van der Waals surface area contributed by atoms with Crippen LogP contribution in [0.4, 0.5) is 0 Å². The zero-order chi connectivity index (χ0) is 12.5. The van der Waals surface area contributed by atoms with Crippen LogP contribution < -0.4 is 5.73 Å². The van der Waals surface area contributed by atoms with Gasteiger partial charge in [-0.1, -0.05) is 11.3 Å². The summed E-state index contributed by atoms with van der Waals surface area (Å²) in [6, 6.07) is 5.79. The number of hydrogen-bond donors (Lipinski definition) is 1. The fourth-order valence-electron chi connectivity index (χ4n) is 1.63. The second kappa shape index (κ2) is 4.40. The molecular formula is C12H11N5S. The Hall–Kier alpha value is -1.92. The first-order valence-electron chi connectivity index (χ1n) is 5.54. The Kier molecular flexibility index (Phi) is 2.73. The zero-order valence-corrected chi connectivity index (χ0v) is 10.6. The maximum atomic E-state index is 5.78. The molecule has 1 atom stereocenters. The number of hydrogen-bond acceptors (Lipinski definition) is 6. The van der Waals surface area contributed by atoms with Crippen molar-refractivity contribution < 1.29 is 0 Å². The lowest BCUT2D eigenvalue weighted by Gasteiger charge is -1.98. The summed E-state index contributed by atoms with van der Waals surface area (Å²) in [4.78, 5) is 8.51. The summed E-state index contributed by atoms with van der Waals surface area (Å²) in [5, 5.41) is 9.93. The topological polar surface area (TPSA) is 77.6 Å². The van der Waals surface area contributed by atoms with Gasteiger partial charge in [0.25, 0.3) is 0 Å². The van der Waals surface area contributed by atoms with Crippen molar-refractivity contribution in [3.05, 3.63) is 35.6 Å². The number of nitrogens with zero attached hydrogens (tertiary/aromatic N) is 4. The first kappa shape index (κ1) is 11.2. The SMILES string of the molecule is CC(N)c1nnc(-c2ccc3nccnc3c2)s1. The van der Waals surface area contributed by atoms with Gasteiger partial charge in [0, 0.05) is 18.0 Å². The molecule has 0 bridgehead atoms. The van der Waals surface area contributed by atoms with Gasteiger partial charge in [0.1, 0.15) is 10.0 Å². The second-order valence-electron chi connectivity index (χ2n) is 3.99. The zero-order valence-electron chi connectivity index (χ0n) is 9.74. The van der Waals surface area contributed by atoms with Crippen LogP contribution in [0.25, 0.3) is 21.6 Å². The fraction of sp³-hybridized carbons (Fsp3) is 0.167. The van der Waals surface area contributed by atoms with Crippen LogP contribution in [0, 0.1) is 0 Å². The molecule has 6 heteroatoms. The van der Waals surface area contributed by atoms with Crippen LogP contribution in [0.15, 0.2) is 30.6 Å². The molecule has 3 aromatic rings. The van der Waals surface area contributed by atoms with E-state index in [1.807, 2.05) is 25.1 Å². The van der Waals surface area contributed by atoms with Crippen molar-refractivity contribution in [2.75, 3.05) is 0 Å². The third-order valence-corrected chi connectivity index (χ3v) is 3.72. The Labute approximate surface area is 108 Å². The predicted octanol–water partition coefficient (Wildman–Crippen LogP) is 2.17. The van der Waals surface area contributed by atoms with E-state index >= 15 is 0 Å². The van der Waals surface area contributed by atoms with Crippen molar-refractivity contribution in [3.63, 3.8) is 0 Å². The smallest absolute Gasteiger partial charge is 0.147 e. The maximum absolute atomic E-state index is 5.78. The summed E-state index contributed by atoms with van der Waals surface area (Å²) in [7, 11) is 0. The molecule has 2 heterocycles. The Bertz CT molecular complexity index is 692. The summed E-state index contributed by atoms with van der Waals surface area (Å²) in [6.45, 7) is 1.90. The molecule has 0 fully saturated rings. The van der Waals surface area contributed by atoms with E-state index in [4.69, 9.17) is 5.73 Å². The minimum absolute atomic E-state index is 0.0866. The van der Waals surface area contributed by atoms with Gasteiger partial charge in [-0.15, -0.1) is 10.2 Å². The molecule has 1 aromatic carbocycles. The highest BCUT2D eigenvalue weighted by atomic mass is 32.1. The van der Waals surface area contributed by atoms with Gasteiger partial charge in [-0.05, 0) is 25.1 Å². The van der Waals surface area contributed by atoms with Gasteiger partial charge in [0.2, 0.25) is 0 Å². The largest absolute Gasteiger partial charge is 0.322 e. The molecule has 0 spiro atoms. The van der Waals surface area contributed by atoms with Crippen LogP contribution in [-0.2, 0) is 0 Å². The maximum Gasteiger partial charge on any atom is 0.147 e. The van der Waals surface area contributed by atoms with E-state index in [1.54, 1.807) is 12.4 Å². The van der Waals surface area contributed by atoms with E-state index in [0.717, 1.165) is 26.6 Å². The molecule has 3 rings (SSSR count). The fourth-order valence-corrected chi connectivity index (χ4v) is 2.42. The summed E-state index contributed by atoms with van der Waals surface area (Å²) < 4.78 is 0. The average molecular weight is 257 g/mol. The third-order valence-electron chi connectivity index (χ3n) is 2.55. The minimum Gasteiger partial charge on any atom is -0.322 e. The van der Waals surface area contributed by atoms with Gasteiger partial charge < -0.3 is 5.73 Å². The summed E-state index contributed by atoms with van der Waals surface area (Å²) in [5.74, 6) is 0. The molecule has 0 radical (unpaired) electrons. The van der Waals surface area contributed by atoms with Gasteiger partial charge >= 0.3 is 0 Å². The quantitative estimate of drug-likeness (QED) is 0.761. The van der Waals surface area contributed by atoms with Crippen molar-refractivity contribution in [1.82, 2.24) is 20.2 Å². The van der Waals surface area contributed by atoms with Crippen LogP contribution in [0.2, 0.25) is 0 Å². The number of fused-ring (bicyclic) bond motifs is 1. The molecule has 2 N–H and O–H groups in total. The standard InChI is InChI=1S/C12H11N5S/c1-7(13)11-16-17-12(18-11)8-2-3-9-10(6-8)15-5-4-14-9/h2-7H,13H2,1H3. The van der Waals surface area contributed by atoms with Gasteiger partial charge in [0.15, 0.2) is 0 Å². The molecule has 2 aromatic heterocycles. The van der Waals surface area contributed by atoms with E-state index < -0.39 is 0 Å². The molecular weight excluding hydrogens is 246 g/mol. The minimum atomic E-state index is -0.0866. The third kappa shape index (κ3) is 1.96. The Morgan fingerprint density at radius 2 is 1.89 bits per heavy atom. The Balaban J connectivity index is 2.07. The molecule has 0 saturated carbocycles. The molecule has 0 aliphatic carbocycles. The molecule has 0 aliphatic heterocycles. The van der Waals surface area contributed by atoms with Crippen LogP contribution >= 0.6 is 11.3 Å². The highest BCUT2D eigenvalue weighted by molar-refractivity contribution is 7.14. The molecule has 90 valence electrons. The van der Waals surface area contributed by atoms with Crippen LogP contribution in [0.5, 0.6) is 0 Å². The number of rotatable bonds is 2. The first-order chi connectivity index (χ1) is 8.74. The van der Waals surface area contributed by atoms with Crippen LogP contribution in [0.3, 0.4) is 0 Å². The molecule has 5 nitrogen and oxygen atoms in total. The lowest BCUT2D eigenvalue weighted by molar-refractivity contribution is 0.786. The molecule has 0 saturated heterocycles. The summed E-state index contributed by atoms with van der Waals surface area (Å²) in [6.07, 6.45) is 3.36. The number of nitrogens with two attached hydrogens (primary N) is 1. The van der Waals surface area contributed by atoms with E-state index in [0.29, 0.717) is 0 Å². The molecule has 0 aliphatic rings. The second-order valence-corrected chi connectivity index (χ2v) is 5.00. The van der Waals surface area contributed by atoms with Crippen molar-refractivity contribution >= 4 is 22.4 Å². The van der Waals surface area contributed by atoms with Crippen molar-refractivity contribution in [2.45, 2.75) is 13.0 Å². The van der Waals surface area contributed by atoms with Gasteiger partial charge in [-0.3, -0.25) is 9.97 Å². The normalized spacial score (nSPS) is 12.8. The molecule has 0 amide bonds. The average Bonchev–Trinajstić information content (AvgIpc) is 2.88. The van der Waals surface area contributed by atoms with E-state index in [-0.39, 0.29) is 6.04 Å². The van der Waals surface area contributed by atoms with E-state index in [2.05, 4.69) is 20.2 Å². The summed E-state index contributed by atoms with van der Waals surface area (Å²) >= 11 is 1.51. The Morgan fingerprint density at radius 3 is 2.61 bits per heavy atom. The molecule has 1 unspecified atom stereocenters. The van der Waals surface area contributed by atoms with Crippen molar-refractivity contribution in [3.8, 4) is 10.6 Å². The Morgan fingerprint density at radius 1 is 1.11 bits per heavy atom. The monoisotopic (exact) mass is 257 g/mol. The summed E-state index contributed by atoms with van der Waals surface area (Å²) in [5.41, 5.74) is 8.50. The molecule has 18 heavy (non-hydrogen) atoms. The highest BCUT2D eigenvalue weighted by Crippen LogP contribution is 2.27. The number of aromatic nitrogens is 4. The first-order valence-corrected chi connectivity index (χ1v) is 6.36. The number of benzene rings is 1. The van der Waals surface area contributed by atoms with Crippen molar-refractivity contribution in [1.29, 1.82) is 0 Å². The lowest BCUT2D eigenvalue weighted by Crippen LogP contribution is -2.03. The van der Waals surface area contributed by atoms with Gasteiger partial charge in [0.05, 0.1) is 17.1 Å².